The van der Waals surface area contributed by atoms with Crippen LogP contribution in [0.1, 0.15) is 25.7 Å². The Kier molecular flexibility index (Phi) is 4.69. The molecule has 0 spiro atoms. The van der Waals surface area contributed by atoms with Gasteiger partial charge in [0.15, 0.2) is 0 Å². The highest BCUT2D eigenvalue weighted by Crippen LogP contribution is 2.32. The number of benzene rings is 1. The van der Waals surface area contributed by atoms with Gasteiger partial charge in [-0.1, -0.05) is 12.1 Å². The van der Waals surface area contributed by atoms with Crippen LogP contribution in [0.25, 0.3) is 0 Å². The summed E-state index contributed by atoms with van der Waals surface area (Å²) in [7, 11) is 1.57. The lowest BCUT2D eigenvalue weighted by Crippen LogP contribution is -2.47. The number of piperidine rings is 1. The van der Waals surface area contributed by atoms with Crippen LogP contribution < -0.4 is 15.4 Å². The van der Waals surface area contributed by atoms with Crippen molar-refractivity contribution >= 4 is 17.6 Å². The number of para-hydroxylation sites is 2. The third-order valence-corrected chi connectivity index (χ3v) is 4.42. The average Bonchev–Trinajstić information content (AvgIpc) is 3.40. The lowest BCUT2D eigenvalue weighted by molar-refractivity contribution is -0.133. The minimum absolute atomic E-state index is 0.105. The number of ether oxygens (including phenoxy) is 1. The molecule has 0 atom stereocenters. The molecule has 2 N–H and O–H groups in total. The standard InChI is InChI=1S/C17H23N3O3/c1-23-15-5-3-2-4-14(15)19-17(22)18-13-8-10-20(11-9-13)16(21)12-6-7-12/h2-5,12-13H,6-11H2,1H3,(H2,18,19,22). The van der Waals surface area contributed by atoms with E-state index >= 15 is 0 Å². The Balaban J connectivity index is 1.46. The van der Waals surface area contributed by atoms with Gasteiger partial charge in [-0.3, -0.25) is 4.79 Å². The van der Waals surface area contributed by atoms with Gasteiger partial charge in [0.2, 0.25) is 5.91 Å². The minimum Gasteiger partial charge on any atom is -0.495 e. The molecule has 2 aliphatic rings. The summed E-state index contributed by atoms with van der Waals surface area (Å²) in [6.45, 7) is 1.46. The van der Waals surface area contributed by atoms with Crippen LogP contribution in [-0.2, 0) is 4.79 Å². The molecule has 1 saturated carbocycles. The normalized spacial score (nSPS) is 18.4. The summed E-state index contributed by atoms with van der Waals surface area (Å²) in [5.41, 5.74) is 0.647. The third-order valence-electron chi connectivity index (χ3n) is 4.42. The maximum Gasteiger partial charge on any atom is 0.319 e. The highest BCUT2D eigenvalue weighted by molar-refractivity contribution is 5.91. The molecule has 2 fully saturated rings. The van der Waals surface area contributed by atoms with Crippen molar-refractivity contribution in [1.82, 2.24) is 10.2 Å². The topological polar surface area (TPSA) is 70.7 Å². The second-order valence-electron chi connectivity index (χ2n) is 6.17. The van der Waals surface area contributed by atoms with Gasteiger partial charge in [-0.15, -0.1) is 0 Å². The van der Waals surface area contributed by atoms with Gasteiger partial charge in [0.05, 0.1) is 12.8 Å². The summed E-state index contributed by atoms with van der Waals surface area (Å²) in [5.74, 6) is 1.20. The number of anilines is 1. The predicted molar refractivity (Wildman–Crippen MR) is 87.5 cm³/mol. The Morgan fingerprint density at radius 1 is 1.13 bits per heavy atom. The van der Waals surface area contributed by atoms with Gasteiger partial charge in [0.1, 0.15) is 5.75 Å². The largest absolute Gasteiger partial charge is 0.495 e. The Morgan fingerprint density at radius 3 is 2.48 bits per heavy atom. The van der Waals surface area contributed by atoms with E-state index in [9.17, 15) is 9.59 Å². The van der Waals surface area contributed by atoms with Crippen LogP contribution in [0.15, 0.2) is 24.3 Å². The summed E-state index contributed by atoms with van der Waals surface area (Å²) >= 11 is 0. The predicted octanol–water partition coefficient (Wildman–Crippen LogP) is 2.22. The van der Waals surface area contributed by atoms with Crippen molar-refractivity contribution in [2.24, 2.45) is 5.92 Å². The van der Waals surface area contributed by atoms with Crippen LogP contribution in [-0.4, -0.2) is 43.1 Å². The molecule has 1 aromatic rings. The number of rotatable bonds is 4. The minimum atomic E-state index is -0.235. The van der Waals surface area contributed by atoms with E-state index in [1.54, 1.807) is 19.2 Å². The fraction of sp³-hybridized carbons (Fsp3) is 0.529. The van der Waals surface area contributed by atoms with Gasteiger partial charge in [0.25, 0.3) is 0 Å². The van der Waals surface area contributed by atoms with E-state index in [0.29, 0.717) is 17.3 Å². The average molecular weight is 317 g/mol. The first kappa shape index (κ1) is 15.6. The molecule has 0 unspecified atom stereocenters. The molecule has 3 rings (SSSR count). The molecule has 1 saturated heterocycles. The molecular formula is C17H23N3O3. The zero-order valence-corrected chi connectivity index (χ0v) is 13.4. The van der Waals surface area contributed by atoms with Crippen molar-refractivity contribution < 1.29 is 14.3 Å². The zero-order chi connectivity index (χ0) is 16.2. The monoisotopic (exact) mass is 317 g/mol. The second-order valence-corrected chi connectivity index (χ2v) is 6.17. The molecule has 1 aliphatic carbocycles. The van der Waals surface area contributed by atoms with Crippen molar-refractivity contribution in [1.29, 1.82) is 0 Å². The van der Waals surface area contributed by atoms with Crippen LogP contribution >= 0.6 is 0 Å². The van der Waals surface area contributed by atoms with Crippen LogP contribution in [0, 0.1) is 5.92 Å². The number of urea groups is 1. The van der Waals surface area contributed by atoms with E-state index in [2.05, 4.69) is 10.6 Å². The molecular weight excluding hydrogens is 294 g/mol. The summed E-state index contributed by atoms with van der Waals surface area (Å²) < 4.78 is 5.22. The fourth-order valence-electron chi connectivity index (χ4n) is 2.92. The molecule has 23 heavy (non-hydrogen) atoms. The summed E-state index contributed by atoms with van der Waals surface area (Å²) in [5, 5.41) is 5.79. The van der Waals surface area contributed by atoms with E-state index < -0.39 is 0 Å². The SMILES string of the molecule is COc1ccccc1NC(=O)NC1CCN(C(=O)C2CC2)CC1. The van der Waals surface area contributed by atoms with E-state index in [1.807, 2.05) is 17.0 Å². The first-order valence-corrected chi connectivity index (χ1v) is 8.16. The molecule has 124 valence electrons. The van der Waals surface area contributed by atoms with E-state index in [1.165, 1.54) is 0 Å². The van der Waals surface area contributed by atoms with Crippen LogP contribution in [0.2, 0.25) is 0 Å². The lowest BCUT2D eigenvalue weighted by Gasteiger charge is -2.32. The van der Waals surface area contributed by atoms with Crippen LogP contribution in [0.5, 0.6) is 5.75 Å². The van der Waals surface area contributed by atoms with Gasteiger partial charge in [-0.2, -0.15) is 0 Å². The van der Waals surface area contributed by atoms with Gasteiger partial charge in [-0.05, 0) is 37.8 Å². The van der Waals surface area contributed by atoms with E-state index in [-0.39, 0.29) is 18.0 Å². The Labute approximate surface area is 136 Å². The second kappa shape index (κ2) is 6.89. The first-order chi connectivity index (χ1) is 11.2. The Bertz CT molecular complexity index is 578. The maximum absolute atomic E-state index is 12.1. The molecule has 1 aliphatic heterocycles. The highest BCUT2D eigenvalue weighted by Gasteiger charge is 2.35. The van der Waals surface area contributed by atoms with Gasteiger partial charge in [-0.25, -0.2) is 4.79 Å². The van der Waals surface area contributed by atoms with Crippen molar-refractivity contribution in [3.8, 4) is 5.75 Å². The molecule has 0 aromatic heterocycles. The van der Waals surface area contributed by atoms with Crippen molar-refractivity contribution in [2.75, 3.05) is 25.5 Å². The number of methoxy groups -OCH3 is 1. The number of amides is 3. The third kappa shape index (κ3) is 3.94. The molecule has 3 amide bonds. The lowest BCUT2D eigenvalue weighted by atomic mass is 10.0. The zero-order valence-electron chi connectivity index (χ0n) is 13.4. The summed E-state index contributed by atoms with van der Waals surface area (Å²) in [6, 6.07) is 7.18. The van der Waals surface area contributed by atoms with Gasteiger partial charge >= 0.3 is 6.03 Å². The van der Waals surface area contributed by atoms with Gasteiger partial charge < -0.3 is 20.3 Å². The molecule has 0 bridgehead atoms. The number of carbonyl (C=O) groups is 2. The van der Waals surface area contributed by atoms with Gasteiger partial charge in [0, 0.05) is 25.0 Å². The number of likely N-dealkylation sites (tertiary alicyclic amines) is 1. The molecule has 1 heterocycles. The quantitative estimate of drug-likeness (QED) is 0.894. The van der Waals surface area contributed by atoms with E-state index in [0.717, 1.165) is 38.8 Å². The van der Waals surface area contributed by atoms with Crippen molar-refractivity contribution in [2.45, 2.75) is 31.7 Å². The molecule has 6 heteroatoms. The molecule has 0 radical (unpaired) electrons. The van der Waals surface area contributed by atoms with Crippen molar-refractivity contribution in [3.05, 3.63) is 24.3 Å². The Hall–Kier alpha value is -2.24. The first-order valence-electron chi connectivity index (χ1n) is 8.16. The number of nitrogens with zero attached hydrogens (tertiary/aromatic N) is 1. The molecule has 6 nitrogen and oxygen atoms in total. The van der Waals surface area contributed by atoms with E-state index in [4.69, 9.17) is 4.74 Å². The van der Waals surface area contributed by atoms with Crippen LogP contribution in [0.4, 0.5) is 10.5 Å². The van der Waals surface area contributed by atoms with Crippen molar-refractivity contribution in [3.63, 3.8) is 0 Å². The highest BCUT2D eigenvalue weighted by atomic mass is 16.5. The number of nitrogens with one attached hydrogen (secondary N) is 2. The number of hydrogen-bond acceptors (Lipinski definition) is 3. The Morgan fingerprint density at radius 2 is 1.83 bits per heavy atom. The number of hydrogen-bond donors (Lipinski definition) is 2. The summed E-state index contributed by atoms with van der Waals surface area (Å²) in [4.78, 5) is 26.1. The summed E-state index contributed by atoms with van der Waals surface area (Å²) in [6.07, 6.45) is 3.69. The number of carbonyl (C=O) groups excluding carboxylic acids is 2. The van der Waals surface area contributed by atoms with Crippen LogP contribution in [0.3, 0.4) is 0 Å². The smallest absolute Gasteiger partial charge is 0.319 e. The fourth-order valence-corrected chi connectivity index (χ4v) is 2.92. The molecule has 1 aromatic carbocycles. The maximum atomic E-state index is 12.1.